The molecule has 0 aromatic rings. The quantitative estimate of drug-likeness (QED) is 0.639. The SMILES string of the molecule is CCSC1CCCC1O. The zero-order chi connectivity index (χ0) is 6.69. The highest BCUT2D eigenvalue weighted by Gasteiger charge is 2.24. The van der Waals surface area contributed by atoms with E-state index in [4.69, 9.17) is 0 Å². The summed E-state index contributed by atoms with van der Waals surface area (Å²) in [6.07, 6.45) is 3.46. The summed E-state index contributed by atoms with van der Waals surface area (Å²) in [6, 6.07) is 0. The van der Waals surface area contributed by atoms with Crippen LogP contribution in [-0.4, -0.2) is 22.2 Å². The number of hydrogen-bond acceptors (Lipinski definition) is 2. The van der Waals surface area contributed by atoms with Gasteiger partial charge in [-0.1, -0.05) is 6.92 Å². The Balaban J connectivity index is 2.22. The summed E-state index contributed by atoms with van der Waals surface area (Å²) < 4.78 is 0. The van der Waals surface area contributed by atoms with Crippen LogP contribution in [0.4, 0.5) is 0 Å². The highest BCUT2D eigenvalue weighted by Crippen LogP contribution is 2.29. The predicted octanol–water partition coefficient (Wildman–Crippen LogP) is 1.65. The Morgan fingerprint density at radius 2 is 2.33 bits per heavy atom. The highest BCUT2D eigenvalue weighted by molar-refractivity contribution is 7.99. The third-order valence-corrected chi connectivity index (χ3v) is 3.11. The fraction of sp³-hybridized carbons (Fsp3) is 1.00. The maximum atomic E-state index is 9.30. The molecule has 1 rings (SSSR count). The molecule has 0 heterocycles. The predicted molar refractivity (Wildman–Crippen MR) is 41.8 cm³/mol. The van der Waals surface area contributed by atoms with E-state index in [1.165, 1.54) is 12.8 Å². The zero-order valence-electron chi connectivity index (χ0n) is 5.84. The maximum absolute atomic E-state index is 9.30. The lowest BCUT2D eigenvalue weighted by atomic mass is 10.3. The van der Waals surface area contributed by atoms with E-state index in [1.807, 2.05) is 11.8 Å². The molecule has 2 heteroatoms. The van der Waals surface area contributed by atoms with E-state index >= 15 is 0 Å². The summed E-state index contributed by atoms with van der Waals surface area (Å²) in [5, 5.41) is 9.85. The van der Waals surface area contributed by atoms with Crippen LogP contribution in [0.5, 0.6) is 0 Å². The Kier molecular flexibility index (Phi) is 2.86. The second-order valence-corrected chi connectivity index (χ2v) is 4.01. The lowest BCUT2D eigenvalue weighted by Gasteiger charge is -2.11. The molecule has 9 heavy (non-hydrogen) atoms. The van der Waals surface area contributed by atoms with Crippen molar-refractivity contribution in [3.63, 3.8) is 0 Å². The van der Waals surface area contributed by atoms with Crippen molar-refractivity contribution in [2.24, 2.45) is 0 Å². The third kappa shape index (κ3) is 1.87. The lowest BCUT2D eigenvalue weighted by Crippen LogP contribution is -2.15. The molecule has 0 bridgehead atoms. The van der Waals surface area contributed by atoms with Crippen molar-refractivity contribution in [3.8, 4) is 0 Å². The van der Waals surface area contributed by atoms with Gasteiger partial charge in [-0.2, -0.15) is 11.8 Å². The van der Waals surface area contributed by atoms with E-state index in [-0.39, 0.29) is 6.10 Å². The Hall–Kier alpha value is 0.310. The molecule has 0 aromatic heterocycles. The van der Waals surface area contributed by atoms with E-state index in [2.05, 4.69) is 6.92 Å². The van der Waals surface area contributed by atoms with Gasteiger partial charge in [0.05, 0.1) is 6.10 Å². The minimum absolute atomic E-state index is 0.00468. The Morgan fingerprint density at radius 3 is 2.78 bits per heavy atom. The van der Waals surface area contributed by atoms with Gasteiger partial charge in [-0.05, 0) is 25.0 Å². The first kappa shape index (κ1) is 7.42. The smallest absolute Gasteiger partial charge is 0.0658 e. The molecule has 54 valence electrons. The van der Waals surface area contributed by atoms with Gasteiger partial charge in [0.2, 0.25) is 0 Å². The maximum Gasteiger partial charge on any atom is 0.0658 e. The van der Waals surface area contributed by atoms with Crippen LogP contribution in [0.1, 0.15) is 26.2 Å². The van der Waals surface area contributed by atoms with Gasteiger partial charge >= 0.3 is 0 Å². The number of aliphatic hydroxyl groups is 1. The molecule has 0 aromatic carbocycles. The van der Waals surface area contributed by atoms with Crippen LogP contribution in [0.25, 0.3) is 0 Å². The fourth-order valence-corrected chi connectivity index (χ4v) is 2.43. The monoisotopic (exact) mass is 146 g/mol. The second-order valence-electron chi connectivity index (χ2n) is 2.49. The third-order valence-electron chi connectivity index (χ3n) is 1.80. The van der Waals surface area contributed by atoms with Crippen LogP contribution in [-0.2, 0) is 0 Å². The van der Waals surface area contributed by atoms with Crippen LogP contribution in [0, 0.1) is 0 Å². The Morgan fingerprint density at radius 1 is 1.56 bits per heavy atom. The van der Waals surface area contributed by atoms with Gasteiger partial charge in [0.1, 0.15) is 0 Å². The van der Waals surface area contributed by atoms with E-state index in [9.17, 15) is 5.11 Å². The van der Waals surface area contributed by atoms with Crippen molar-refractivity contribution in [1.82, 2.24) is 0 Å². The van der Waals surface area contributed by atoms with Gasteiger partial charge in [0, 0.05) is 5.25 Å². The van der Waals surface area contributed by atoms with E-state index < -0.39 is 0 Å². The molecule has 1 aliphatic rings. The highest BCUT2D eigenvalue weighted by atomic mass is 32.2. The van der Waals surface area contributed by atoms with E-state index in [1.54, 1.807) is 0 Å². The largest absolute Gasteiger partial charge is 0.392 e. The summed E-state index contributed by atoms with van der Waals surface area (Å²) in [7, 11) is 0. The van der Waals surface area contributed by atoms with Crippen molar-refractivity contribution in [2.45, 2.75) is 37.5 Å². The van der Waals surface area contributed by atoms with Gasteiger partial charge < -0.3 is 5.11 Å². The van der Waals surface area contributed by atoms with Gasteiger partial charge in [-0.25, -0.2) is 0 Å². The standard InChI is InChI=1S/C7H14OS/c1-2-9-7-5-3-4-6(7)8/h6-8H,2-5H2,1H3. The molecule has 1 fully saturated rings. The van der Waals surface area contributed by atoms with Gasteiger partial charge in [0.25, 0.3) is 0 Å². The van der Waals surface area contributed by atoms with Crippen molar-refractivity contribution in [3.05, 3.63) is 0 Å². The van der Waals surface area contributed by atoms with Gasteiger partial charge in [0.15, 0.2) is 0 Å². The van der Waals surface area contributed by atoms with Crippen molar-refractivity contribution >= 4 is 11.8 Å². The van der Waals surface area contributed by atoms with Crippen LogP contribution in [0.15, 0.2) is 0 Å². The van der Waals surface area contributed by atoms with Crippen molar-refractivity contribution < 1.29 is 5.11 Å². The summed E-state index contributed by atoms with van der Waals surface area (Å²) in [4.78, 5) is 0. The average molecular weight is 146 g/mol. The van der Waals surface area contributed by atoms with E-state index in [0.717, 1.165) is 12.2 Å². The van der Waals surface area contributed by atoms with Crippen LogP contribution < -0.4 is 0 Å². The molecule has 1 nitrogen and oxygen atoms in total. The molecular weight excluding hydrogens is 132 g/mol. The van der Waals surface area contributed by atoms with Crippen LogP contribution in [0.2, 0.25) is 0 Å². The summed E-state index contributed by atoms with van der Waals surface area (Å²) in [6.45, 7) is 2.15. The van der Waals surface area contributed by atoms with Crippen LogP contribution in [0.3, 0.4) is 0 Å². The number of rotatable bonds is 2. The first-order valence-corrected chi connectivity index (χ1v) is 4.69. The molecule has 1 saturated carbocycles. The summed E-state index contributed by atoms with van der Waals surface area (Å²) >= 11 is 1.90. The summed E-state index contributed by atoms with van der Waals surface area (Å²) in [5.41, 5.74) is 0. The Bertz CT molecular complexity index is 85.0. The molecule has 2 atom stereocenters. The molecule has 0 aliphatic heterocycles. The number of hydrogen-bond donors (Lipinski definition) is 1. The second kappa shape index (κ2) is 3.47. The topological polar surface area (TPSA) is 20.2 Å². The minimum Gasteiger partial charge on any atom is -0.392 e. The van der Waals surface area contributed by atoms with Crippen molar-refractivity contribution in [2.75, 3.05) is 5.75 Å². The Labute approximate surface area is 60.8 Å². The zero-order valence-corrected chi connectivity index (χ0v) is 6.66. The fourth-order valence-electron chi connectivity index (χ4n) is 1.31. The minimum atomic E-state index is -0.00468. The normalized spacial score (nSPS) is 35.3. The van der Waals surface area contributed by atoms with Crippen LogP contribution >= 0.6 is 11.8 Å². The molecule has 1 aliphatic carbocycles. The first-order valence-electron chi connectivity index (χ1n) is 3.64. The number of thioether (sulfide) groups is 1. The molecule has 1 N–H and O–H groups in total. The molecule has 0 amide bonds. The van der Waals surface area contributed by atoms with Gasteiger partial charge in [-0.15, -0.1) is 0 Å². The molecule has 0 spiro atoms. The first-order chi connectivity index (χ1) is 4.34. The average Bonchev–Trinajstić information content (AvgIpc) is 2.18. The van der Waals surface area contributed by atoms with Crippen molar-refractivity contribution in [1.29, 1.82) is 0 Å². The molecule has 0 radical (unpaired) electrons. The molecular formula is C7H14OS. The van der Waals surface area contributed by atoms with E-state index in [0.29, 0.717) is 5.25 Å². The van der Waals surface area contributed by atoms with Gasteiger partial charge in [-0.3, -0.25) is 0 Å². The number of aliphatic hydroxyl groups excluding tert-OH is 1. The molecule has 2 unspecified atom stereocenters. The lowest BCUT2D eigenvalue weighted by molar-refractivity contribution is 0.188. The summed E-state index contributed by atoms with van der Waals surface area (Å²) in [5.74, 6) is 1.14. The molecule has 0 saturated heterocycles.